The summed E-state index contributed by atoms with van der Waals surface area (Å²) in [6.07, 6.45) is 1.10. The van der Waals surface area contributed by atoms with Gasteiger partial charge in [-0.25, -0.2) is 14.8 Å². The molecule has 11 heteroatoms. The highest BCUT2D eigenvalue weighted by atomic mass is 16.6. The molecule has 170 valence electrons. The van der Waals surface area contributed by atoms with E-state index in [1.165, 1.54) is 6.33 Å². The summed E-state index contributed by atoms with van der Waals surface area (Å²) in [5.74, 6) is 0.881. The van der Waals surface area contributed by atoms with E-state index in [9.17, 15) is 4.79 Å². The molecule has 1 amide bonds. The fraction of sp³-hybridized carbons (Fsp3) is 0.429. The van der Waals surface area contributed by atoms with Crippen molar-refractivity contribution in [1.29, 1.82) is 0 Å². The van der Waals surface area contributed by atoms with Gasteiger partial charge in [0.2, 0.25) is 0 Å². The second kappa shape index (κ2) is 8.06. The number of anilines is 2. The number of aromatic nitrogens is 4. The first-order chi connectivity index (χ1) is 15.2. The molecule has 1 aromatic carbocycles. The van der Waals surface area contributed by atoms with Gasteiger partial charge in [-0.3, -0.25) is 5.01 Å². The molecule has 1 fully saturated rings. The lowest BCUT2D eigenvalue weighted by molar-refractivity contribution is 0.0231. The summed E-state index contributed by atoms with van der Waals surface area (Å²) in [7, 11) is 1.56. The number of carbonyl (C=O) groups is 1. The lowest BCUT2D eigenvalue weighted by atomic mass is 10.1. The molecule has 0 bridgehead atoms. The first kappa shape index (κ1) is 21.5. The van der Waals surface area contributed by atoms with E-state index in [1.807, 2.05) is 37.9 Å². The minimum atomic E-state index is -0.532. The Morgan fingerprint density at radius 1 is 1.09 bits per heavy atom. The number of fused-ring (bicyclic) bond motifs is 1. The largest absolute Gasteiger partial charge is 0.495 e. The topological polar surface area (TPSA) is 138 Å². The van der Waals surface area contributed by atoms with E-state index in [2.05, 4.69) is 9.97 Å². The van der Waals surface area contributed by atoms with Crippen LogP contribution >= 0.6 is 0 Å². The number of nitrogens with two attached hydrogens (primary N) is 2. The number of piperazine rings is 1. The Morgan fingerprint density at radius 2 is 1.81 bits per heavy atom. The number of nitrogens with zero attached hydrogens (tertiary/aromatic N) is 6. The fourth-order valence-corrected chi connectivity index (χ4v) is 3.61. The van der Waals surface area contributed by atoms with Crippen molar-refractivity contribution in [1.82, 2.24) is 24.8 Å². The van der Waals surface area contributed by atoms with Crippen LogP contribution in [0.4, 0.5) is 16.3 Å². The summed E-state index contributed by atoms with van der Waals surface area (Å²) in [6.45, 7) is 7.69. The van der Waals surface area contributed by atoms with Gasteiger partial charge in [-0.15, -0.1) is 5.10 Å². The number of methoxy groups -OCH3 is 1. The van der Waals surface area contributed by atoms with Crippen molar-refractivity contribution < 1.29 is 14.3 Å². The first-order valence-electron chi connectivity index (χ1n) is 10.3. The number of rotatable bonds is 3. The number of carbonyl (C=O) groups excluding carboxylic acids is 1. The van der Waals surface area contributed by atoms with Gasteiger partial charge in [-0.05, 0) is 32.9 Å². The third kappa shape index (κ3) is 4.05. The number of hydrogen-bond donors (Lipinski definition) is 2. The van der Waals surface area contributed by atoms with Crippen LogP contribution in [0.3, 0.4) is 0 Å². The molecule has 1 saturated heterocycles. The van der Waals surface area contributed by atoms with Crippen molar-refractivity contribution in [3.05, 3.63) is 24.5 Å². The molecule has 3 aromatic rings. The monoisotopic (exact) mass is 440 g/mol. The van der Waals surface area contributed by atoms with Crippen molar-refractivity contribution >= 4 is 28.6 Å². The number of hydrogen-bond acceptors (Lipinski definition) is 9. The molecule has 0 atom stereocenters. The summed E-state index contributed by atoms with van der Waals surface area (Å²) in [6, 6.07) is 5.43. The number of ether oxygens (including phenoxy) is 2. The van der Waals surface area contributed by atoms with E-state index >= 15 is 0 Å². The first-order valence-corrected chi connectivity index (χ1v) is 10.3. The molecule has 0 unspecified atom stereocenters. The average Bonchev–Trinajstić information content (AvgIpc) is 3.14. The maximum Gasteiger partial charge on any atom is 0.410 e. The van der Waals surface area contributed by atoms with Crippen LogP contribution in [0.2, 0.25) is 0 Å². The van der Waals surface area contributed by atoms with Crippen LogP contribution in [-0.4, -0.2) is 69.7 Å². The average molecular weight is 441 g/mol. The summed E-state index contributed by atoms with van der Waals surface area (Å²) >= 11 is 0. The van der Waals surface area contributed by atoms with Gasteiger partial charge in [0.1, 0.15) is 29.2 Å². The second-order valence-electron chi connectivity index (χ2n) is 8.57. The molecule has 0 aliphatic carbocycles. The van der Waals surface area contributed by atoms with Crippen molar-refractivity contribution in [3.63, 3.8) is 0 Å². The van der Waals surface area contributed by atoms with Crippen molar-refractivity contribution in [2.45, 2.75) is 26.4 Å². The maximum absolute atomic E-state index is 12.4. The second-order valence-corrected chi connectivity index (χ2v) is 8.57. The number of nitrogen functional groups attached to an aromatic ring is 2. The maximum atomic E-state index is 12.4. The van der Waals surface area contributed by atoms with Crippen LogP contribution in [0.15, 0.2) is 24.5 Å². The minimum absolute atomic E-state index is 0.316. The van der Waals surface area contributed by atoms with Crippen LogP contribution in [0.25, 0.3) is 22.3 Å². The SMILES string of the molecule is COc1cc(-c2nn(N3CCN(C(=O)OC(C)(C)C)CC3)c3ncnc(N)c23)ccc1N. The lowest BCUT2D eigenvalue weighted by Gasteiger charge is -2.36. The van der Waals surface area contributed by atoms with Gasteiger partial charge in [-0.2, -0.15) is 4.79 Å². The summed E-state index contributed by atoms with van der Waals surface area (Å²) in [5.41, 5.74) is 14.2. The zero-order valence-electron chi connectivity index (χ0n) is 18.7. The zero-order chi connectivity index (χ0) is 23.0. The van der Waals surface area contributed by atoms with Gasteiger partial charge in [0.15, 0.2) is 5.65 Å². The Hall–Kier alpha value is -3.76. The molecule has 2 aromatic heterocycles. The molecule has 3 heterocycles. The highest BCUT2D eigenvalue weighted by molar-refractivity contribution is 5.98. The van der Waals surface area contributed by atoms with E-state index < -0.39 is 5.60 Å². The van der Waals surface area contributed by atoms with Crippen molar-refractivity contribution in [2.24, 2.45) is 0 Å². The molecule has 0 spiro atoms. The zero-order valence-corrected chi connectivity index (χ0v) is 18.7. The highest BCUT2D eigenvalue weighted by Gasteiger charge is 2.28. The van der Waals surface area contributed by atoms with Gasteiger partial charge < -0.3 is 25.8 Å². The fourth-order valence-electron chi connectivity index (χ4n) is 3.61. The van der Waals surface area contributed by atoms with Gasteiger partial charge in [-0.1, -0.05) is 6.07 Å². The van der Waals surface area contributed by atoms with Gasteiger partial charge in [0.25, 0.3) is 0 Å². The Kier molecular flexibility index (Phi) is 5.41. The predicted octanol–water partition coefficient (Wildman–Crippen LogP) is 1.85. The molecular formula is C21H28N8O3. The smallest absolute Gasteiger partial charge is 0.410 e. The molecule has 1 aliphatic heterocycles. The molecule has 0 radical (unpaired) electrons. The summed E-state index contributed by atoms with van der Waals surface area (Å²) in [5, 5.41) is 7.48. The Balaban J connectivity index is 1.65. The highest BCUT2D eigenvalue weighted by Crippen LogP contribution is 2.34. The van der Waals surface area contributed by atoms with Crippen molar-refractivity contribution in [3.8, 4) is 17.0 Å². The Morgan fingerprint density at radius 3 is 2.47 bits per heavy atom. The Labute approximate surface area is 185 Å². The molecule has 32 heavy (non-hydrogen) atoms. The normalized spacial score (nSPS) is 14.6. The standard InChI is InChI=1S/C21H28N8O3/c1-21(2,3)32-20(30)27-7-9-28(10-8-27)29-19-16(18(23)24-12-25-19)17(26-29)13-5-6-14(22)15(11-13)31-4/h5-6,11-12H,7-10,22H2,1-4H3,(H2,23,24,25). The third-order valence-corrected chi connectivity index (χ3v) is 5.16. The van der Waals surface area contributed by atoms with Gasteiger partial charge >= 0.3 is 6.09 Å². The molecule has 4 rings (SSSR count). The predicted molar refractivity (Wildman–Crippen MR) is 122 cm³/mol. The van der Waals surface area contributed by atoms with E-state index in [0.717, 1.165) is 5.56 Å². The van der Waals surface area contributed by atoms with Crippen LogP contribution in [0.5, 0.6) is 5.75 Å². The minimum Gasteiger partial charge on any atom is -0.495 e. The molecule has 0 saturated carbocycles. The van der Waals surface area contributed by atoms with Crippen LogP contribution in [-0.2, 0) is 4.74 Å². The van der Waals surface area contributed by atoms with Crippen LogP contribution < -0.4 is 21.2 Å². The van der Waals surface area contributed by atoms with E-state index in [0.29, 0.717) is 60.2 Å². The van der Waals surface area contributed by atoms with Gasteiger partial charge in [0, 0.05) is 18.7 Å². The molecule has 1 aliphatic rings. The van der Waals surface area contributed by atoms with E-state index in [4.69, 9.17) is 26.0 Å². The Bertz CT molecular complexity index is 1150. The summed E-state index contributed by atoms with van der Waals surface area (Å²) in [4.78, 5) is 24.4. The quantitative estimate of drug-likeness (QED) is 0.584. The van der Waals surface area contributed by atoms with Crippen molar-refractivity contribution in [2.75, 3.05) is 49.8 Å². The molecule has 4 N–H and O–H groups in total. The summed E-state index contributed by atoms with van der Waals surface area (Å²) < 4.78 is 10.8. The van der Waals surface area contributed by atoms with E-state index in [1.54, 1.807) is 22.9 Å². The lowest BCUT2D eigenvalue weighted by Crippen LogP contribution is -2.54. The van der Waals surface area contributed by atoms with Crippen LogP contribution in [0, 0.1) is 0 Å². The van der Waals surface area contributed by atoms with Gasteiger partial charge in [0.05, 0.1) is 31.3 Å². The van der Waals surface area contributed by atoms with Crippen LogP contribution in [0.1, 0.15) is 20.8 Å². The number of benzene rings is 1. The molecular weight excluding hydrogens is 412 g/mol. The molecule has 11 nitrogen and oxygen atoms in total. The number of amides is 1. The van der Waals surface area contributed by atoms with E-state index in [-0.39, 0.29) is 6.09 Å². The third-order valence-electron chi connectivity index (χ3n) is 5.16.